The van der Waals surface area contributed by atoms with E-state index in [0.29, 0.717) is 40.2 Å². The summed E-state index contributed by atoms with van der Waals surface area (Å²) in [4.78, 5) is 14.4. The number of anilines is 1. The van der Waals surface area contributed by atoms with E-state index in [0.717, 1.165) is 11.8 Å². The molecule has 0 atom stereocenters. The maximum absolute atomic E-state index is 13.0. The fraction of sp³-hybridized carbons (Fsp3) is 0.273. The summed E-state index contributed by atoms with van der Waals surface area (Å²) in [6, 6.07) is 12.2. The van der Waals surface area contributed by atoms with Crippen LogP contribution in [0.2, 0.25) is 0 Å². The van der Waals surface area contributed by atoms with Gasteiger partial charge < -0.3 is 9.64 Å². The van der Waals surface area contributed by atoms with Crippen LogP contribution in [0, 0.1) is 6.92 Å². The van der Waals surface area contributed by atoms with Crippen molar-refractivity contribution in [1.29, 1.82) is 0 Å². The van der Waals surface area contributed by atoms with Gasteiger partial charge >= 0.3 is 6.55 Å². The molecule has 2 heterocycles. The highest BCUT2D eigenvalue weighted by molar-refractivity contribution is 7.89. The van der Waals surface area contributed by atoms with Gasteiger partial charge in [-0.1, -0.05) is 12.1 Å². The number of hydrogen-bond acceptors (Lipinski definition) is 5. The van der Waals surface area contributed by atoms with Crippen molar-refractivity contribution >= 4 is 21.6 Å². The van der Waals surface area contributed by atoms with E-state index < -0.39 is 16.6 Å². The Kier molecular flexibility index (Phi) is 6.17. The van der Waals surface area contributed by atoms with Crippen LogP contribution in [0.1, 0.15) is 33.7 Å². The lowest BCUT2D eigenvalue weighted by Crippen LogP contribution is -2.29. The zero-order valence-electron chi connectivity index (χ0n) is 18.0. The molecule has 3 aromatic rings. The summed E-state index contributed by atoms with van der Waals surface area (Å²) < 4.78 is 59.0. The first kappa shape index (κ1) is 22.9. The Morgan fingerprint density at radius 2 is 1.94 bits per heavy atom. The van der Waals surface area contributed by atoms with Crippen LogP contribution in [0.4, 0.5) is 14.5 Å². The molecule has 2 aromatic carbocycles. The summed E-state index contributed by atoms with van der Waals surface area (Å²) in [5.74, 6) is 0.487. The second-order valence-electron chi connectivity index (χ2n) is 7.54. The Morgan fingerprint density at radius 3 is 2.58 bits per heavy atom. The van der Waals surface area contributed by atoms with Crippen LogP contribution < -0.4 is 14.4 Å². The van der Waals surface area contributed by atoms with E-state index in [4.69, 9.17) is 4.74 Å². The number of nitrogens with zero attached hydrogens (tertiary/aromatic N) is 3. The normalized spacial score (nSPS) is 13.4. The molecular formula is C22H22F2N4O4S. The van der Waals surface area contributed by atoms with Crippen molar-refractivity contribution in [2.24, 2.45) is 0 Å². The van der Waals surface area contributed by atoms with Crippen LogP contribution in [-0.2, 0) is 23.0 Å². The van der Waals surface area contributed by atoms with Crippen molar-refractivity contribution in [3.63, 3.8) is 0 Å². The van der Waals surface area contributed by atoms with Gasteiger partial charge in [-0.05, 0) is 54.8 Å². The van der Waals surface area contributed by atoms with E-state index in [1.165, 1.54) is 6.92 Å². The number of aromatic nitrogens is 2. The Balaban J connectivity index is 1.52. The molecular weight excluding hydrogens is 454 g/mol. The van der Waals surface area contributed by atoms with Crippen molar-refractivity contribution in [2.45, 2.75) is 31.3 Å². The average molecular weight is 477 g/mol. The minimum atomic E-state index is -4.05. The SMILES string of the molecule is COc1ccc(C(=O)N2CCc3ccc(CNS(=O)(=O)c4cnn(C(F)F)c4C)cc32)cc1. The zero-order valence-corrected chi connectivity index (χ0v) is 18.8. The largest absolute Gasteiger partial charge is 0.497 e. The number of nitrogens with one attached hydrogen (secondary N) is 1. The molecule has 11 heteroatoms. The third-order valence-electron chi connectivity index (χ3n) is 5.57. The molecule has 1 amide bonds. The molecule has 1 aliphatic heterocycles. The van der Waals surface area contributed by atoms with Gasteiger partial charge in [0, 0.05) is 24.3 Å². The maximum atomic E-state index is 13.0. The minimum Gasteiger partial charge on any atom is -0.497 e. The van der Waals surface area contributed by atoms with Crippen LogP contribution in [0.5, 0.6) is 5.75 Å². The molecule has 0 fully saturated rings. The summed E-state index contributed by atoms with van der Waals surface area (Å²) in [6.45, 7) is -1.22. The van der Waals surface area contributed by atoms with E-state index in [1.807, 2.05) is 6.07 Å². The third kappa shape index (κ3) is 4.46. The molecule has 0 saturated carbocycles. The maximum Gasteiger partial charge on any atom is 0.333 e. The van der Waals surface area contributed by atoms with Gasteiger partial charge in [-0.3, -0.25) is 4.79 Å². The van der Waals surface area contributed by atoms with Gasteiger partial charge in [-0.25, -0.2) is 17.8 Å². The summed E-state index contributed by atoms with van der Waals surface area (Å²) in [7, 11) is -2.50. The van der Waals surface area contributed by atoms with E-state index >= 15 is 0 Å². The quantitative estimate of drug-likeness (QED) is 0.565. The molecule has 0 unspecified atom stereocenters. The zero-order chi connectivity index (χ0) is 23.8. The van der Waals surface area contributed by atoms with Gasteiger partial charge in [-0.15, -0.1) is 0 Å². The van der Waals surface area contributed by atoms with Crippen LogP contribution in [0.25, 0.3) is 0 Å². The monoisotopic (exact) mass is 476 g/mol. The molecule has 1 N–H and O–H groups in total. The molecule has 33 heavy (non-hydrogen) atoms. The second-order valence-corrected chi connectivity index (χ2v) is 9.27. The molecule has 174 valence electrons. The van der Waals surface area contributed by atoms with Crippen LogP contribution in [0.3, 0.4) is 0 Å². The molecule has 0 aliphatic carbocycles. The van der Waals surface area contributed by atoms with Crippen molar-refractivity contribution in [1.82, 2.24) is 14.5 Å². The number of halogens is 2. The predicted molar refractivity (Wildman–Crippen MR) is 117 cm³/mol. The molecule has 1 aromatic heterocycles. The van der Waals surface area contributed by atoms with E-state index in [2.05, 4.69) is 9.82 Å². The molecule has 0 saturated heterocycles. The Morgan fingerprint density at radius 1 is 1.21 bits per heavy atom. The van der Waals surface area contributed by atoms with Gasteiger partial charge in [0.15, 0.2) is 0 Å². The number of methoxy groups -OCH3 is 1. The van der Waals surface area contributed by atoms with Gasteiger partial charge in [-0.2, -0.15) is 13.9 Å². The first-order chi connectivity index (χ1) is 15.7. The number of sulfonamides is 1. The summed E-state index contributed by atoms with van der Waals surface area (Å²) in [5.41, 5.74) is 2.70. The third-order valence-corrected chi connectivity index (χ3v) is 7.07. The van der Waals surface area contributed by atoms with Crippen molar-refractivity contribution in [2.75, 3.05) is 18.6 Å². The summed E-state index contributed by atoms with van der Waals surface area (Å²) in [5, 5.41) is 3.45. The highest BCUT2D eigenvalue weighted by Crippen LogP contribution is 2.31. The number of carbonyl (C=O) groups excluding carboxylic acids is 1. The van der Waals surface area contributed by atoms with E-state index in [9.17, 15) is 22.0 Å². The second kappa shape index (κ2) is 8.91. The molecule has 0 spiro atoms. The molecule has 4 rings (SSSR count). The van der Waals surface area contributed by atoms with E-state index in [-0.39, 0.29) is 23.0 Å². The smallest absolute Gasteiger partial charge is 0.333 e. The molecule has 0 radical (unpaired) electrons. The van der Waals surface area contributed by atoms with Crippen LogP contribution in [-0.4, -0.2) is 37.8 Å². The number of amides is 1. The minimum absolute atomic E-state index is 0.0700. The number of ether oxygens (including phenoxy) is 1. The van der Waals surface area contributed by atoms with Gasteiger partial charge in [0.05, 0.1) is 19.0 Å². The Hall–Kier alpha value is -3.31. The number of alkyl halides is 2. The van der Waals surface area contributed by atoms with Crippen LogP contribution >= 0.6 is 0 Å². The van der Waals surface area contributed by atoms with Crippen molar-refractivity contribution in [3.05, 3.63) is 71.0 Å². The topological polar surface area (TPSA) is 93.5 Å². The lowest BCUT2D eigenvalue weighted by atomic mass is 10.1. The summed E-state index contributed by atoms with van der Waals surface area (Å²) in [6.07, 6.45) is 1.59. The number of carbonyl (C=O) groups is 1. The first-order valence-electron chi connectivity index (χ1n) is 10.1. The fourth-order valence-corrected chi connectivity index (χ4v) is 4.94. The Labute approximate surface area is 189 Å². The number of fused-ring (bicyclic) bond motifs is 1. The van der Waals surface area contributed by atoms with Crippen molar-refractivity contribution < 1.29 is 26.7 Å². The van der Waals surface area contributed by atoms with E-state index in [1.54, 1.807) is 48.4 Å². The number of benzene rings is 2. The first-order valence-corrected chi connectivity index (χ1v) is 11.6. The average Bonchev–Trinajstić information content (AvgIpc) is 3.41. The lowest BCUT2D eigenvalue weighted by Gasteiger charge is -2.18. The van der Waals surface area contributed by atoms with Crippen LogP contribution in [0.15, 0.2) is 53.6 Å². The Bertz CT molecular complexity index is 1290. The highest BCUT2D eigenvalue weighted by atomic mass is 32.2. The van der Waals surface area contributed by atoms with Gasteiger partial charge in [0.1, 0.15) is 10.6 Å². The predicted octanol–water partition coefficient (Wildman–Crippen LogP) is 3.28. The summed E-state index contributed by atoms with van der Waals surface area (Å²) >= 11 is 0. The molecule has 8 nitrogen and oxygen atoms in total. The van der Waals surface area contributed by atoms with Gasteiger partial charge in [0.2, 0.25) is 10.0 Å². The number of hydrogen-bond donors (Lipinski definition) is 1. The highest BCUT2D eigenvalue weighted by Gasteiger charge is 2.27. The lowest BCUT2D eigenvalue weighted by molar-refractivity contribution is 0.0541. The fourth-order valence-electron chi connectivity index (χ4n) is 3.76. The number of rotatable bonds is 7. The molecule has 0 bridgehead atoms. The van der Waals surface area contributed by atoms with Crippen molar-refractivity contribution in [3.8, 4) is 5.75 Å². The standard InChI is InChI=1S/C22H22F2N4O4S/c1-14-20(13-25-28(14)22(23)24)33(30,31)26-12-15-3-4-16-9-10-27(19(16)11-15)21(29)17-5-7-18(32-2)8-6-17/h3-8,11,13,22,26H,9-10,12H2,1-2H3. The van der Waals surface area contributed by atoms with Gasteiger partial charge in [0.25, 0.3) is 5.91 Å². The molecule has 1 aliphatic rings.